The largest absolute Gasteiger partial charge is 0.338 e. The zero-order chi connectivity index (χ0) is 16.7. The molecule has 6 nitrogen and oxygen atoms in total. The third-order valence-electron chi connectivity index (χ3n) is 3.55. The van der Waals surface area contributed by atoms with Crippen molar-refractivity contribution in [2.75, 3.05) is 37.7 Å². The molecule has 0 atom stereocenters. The Balaban J connectivity index is 1.68. The molecule has 0 radical (unpaired) electrons. The predicted molar refractivity (Wildman–Crippen MR) is 93.3 cm³/mol. The number of thioether (sulfide) groups is 1. The van der Waals surface area contributed by atoms with E-state index in [-0.39, 0.29) is 10.9 Å². The highest BCUT2D eigenvalue weighted by Crippen LogP contribution is 2.10. The third-order valence-corrected chi connectivity index (χ3v) is 5.97. The standard InChI is InChI=1S/C15H23N3O3S2/c1-13-3-5-14(6-4-13)23(20,21)17-8-2-7-16-15(19)18-9-11-22-12-10-18/h3-6,17H,2,7-12H2,1H3,(H,16,19). The second kappa shape index (κ2) is 8.56. The van der Waals surface area contributed by atoms with Gasteiger partial charge in [0, 0.05) is 37.7 Å². The number of benzene rings is 1. The van der Waals surface area contributed by atoms with E-state index in [0.29, 0.717) is 19.5 Å². The first kappa shape index (κ1) is 18.1. The number of hydrogen-bond donors (Lipinski definition) is 2. The maximum absolute atomic E-state index is 12.1. The first-order valence-electron chi connectivity index (χ1n) is 7.66. The Hall–Kier alpha value is -1.25. The van der Waals surface area contributed by atoms with E-state index in [9.17, 15) is 13.2 Å². The first-order valence-corrected chi connectivity index (χ1v) is 10.3. The highest BCUT2D eigenvalue weighted by Gasteiger charge is 2.16. The van der Waals surface area contributed by atoms with Gasteiger partial charge in [-0.2, -0.15) is 11.8 Å². The molecule has 2 rings (SSSR count). The van der Waals surface area contributed by atoms with Gasteiger partial charge in [-0.3, -0.25) is 0 Å². The fraction of sp³-hybridized carbons (Fsp3) is 0.533. The zero-order valence-corrected chi connectivity index (χ0v) is 14.9. The molecule has 2 amide bonds. The normalized spacial score (nSPS) is 15.4. The highest BCUT2D eigenvalue weighted by molar-refractivity contribution is 7.99. The van der Waals surface area contributed by atoms with E-state index in [1.165, 1.54) is 0 Å². The van der Waals surface area contributed by atoms with Crippen molar-refractivity contribution >= 4 is 27.8 Å². The molecule has 23 heavy (non-hydrogen) atoms. The topological polar surface area (TPSA) is 78.5 Å². The monoisotopic (exact) mass is 357 g/mol. The molecule has 0 aliphatic carbocycles. The minimum Gasteiger partial charge on any atom is -0.338 e. The molecular formula is C15H23N3O3S2. The lowest BCUT2D eigenvalue weighted by Crippen LogP contribution is -2.44. The summed E-state index contributed by atoms with van der Waals surface area (Å²) in [6.07, 6.45) is 0.555. The van der Waals surface area contributed by atoms with Crippen LogP contribution in [-0.2, 0) is 10.0 Å². The van der Waals surface area contributed by atoms with Gasteiger partial charge >= 0.3 is 6.03 Å². The van der Waals surface area contributed by atoms with Gasteiger partial charge in [-0.25, -0.2) is 17.9 Å². The van der Waals surface area contributed by atoms with Crippen LogP contribution in [0.3, 0.4) is 0 Å². The molecular weight excluding hydrogens is 334 g/mol. The minimum atomic E-state index is -3.47. The van der Waals surface area contributed by atoms with Crippen molar-refractivity contribution in [1.29, 1.82) is 0 Å². The van der Waals surface area contributed by atoms with Crippen molar-refractivity contribution < 1.29 is 13.2 Å². The van der Waals surface area contributed by atoms with Gasteiger partial charge < -0.3 is 10.2 Å². The fourth-order valence-electron chi connectivity index (χ4n) is 2.17. The van der Waals surface area contributed by atoms with E-state index in [0.717, 1.165) is 30.2 Å². The van der Waals surface area contributed by atoms with E-state index in [2.05, 4.69) is 10.0 Å². The van der Waals surface area contributed by atoms with Gasteiger partial charge in [-0.1, -0.05) is 17.7 Å². The van der Waals surface area contributed by atoms with Crippen LogP contribution in [0.15, 0.2) is 29.2 Å². The quantitative estimate of drug-likeness (QED) is 0.755. The second-order valence-electron chi connectivity index (χ2n) is 5.40. The average Bonchev–Trinajstić information content (AvgIpc) is 2.55. The molecule has 0 unspecified atom stereocenters. The van der Waals surface area contributed by atoms with Gasteiger partial charge in [0.25, 0.3) is 0 Å². The van der Waals surface area contributed by atoms with Gasteiger partial charge in [0.1, 0.15) is 0 Å². The number of carbonyl (C=O) groups excluding carboxylic acids is 1. The molecule has 0 saturated carbocycles. The molecule has 128 valence electrons. The van der Waals surface area contributed by atoms with Crippen LogP contribution in [0.4, 0.5) is 4.79 Å². The number of hydrogen-bond acceptors (Lipinski definition) is 4. The van der Waals surface area contributed by atoms with Crippen molar-refractivity contribution in [1.82, 2.24) is 14.9 Å². The molecule has 1 aromatic carbocycles. The van der Waals surface area contributed by atoms with Crippen LogP contribution in [-0.4, -0.2) is 57.0 Å². The lowest BCUT2D eigenvalue weighted by atomic mass is 10.2. The van der Waals surface area contributed by atoms with Crippen molar-refractivity contribution in [3.05, 3.63) is 29.8 Å². The van der Waals surface area contributed by atoms with Crippen LogP contribution in [0.25, 0.3) is 0 Å². The Morgan fingerprint density at radius 2 is 1.83 bits per heavy atom. The number of aryl methyl sites for hydroxylation is 1. The number of amides is 2. The first-order chi connectivity index (χ1) is 11.0. The summed E-state index contributed by atoms with van der Waals surface area (Å²) in [4.78, 5) is 13.9. The van der Waals surface area contributed by atoms with Gasteiger partial charge in [-0.15, -0.1) is 0 Å². The molecule has 1 aliphatic rings. The van der Waals surface area contributed by atoms with E-state index in [1.54, 1.807) is 29.2 Å². The Labute approximate surface area is 142 Å². The van der Waals surface area contributed by atoms with Gasteiger partial charge in [0.2, 0.25) is 10.0 Å². The molecule has 0 spiro atoms. The van der Waals surface area contributed by atoms with Crippen LogP contribution in [0.2, 0.25) is 0 Å². The minimum absolute atomic E-state index is 0.0632. The molecule has 8 heteroatoms. The summed E-state index contributed by atoms with van der Waals surface area (Å²) in [7, 11) is -3.47. The molecule has 1 aromatic rings. The second-order valence-corrected chi connectivity index (χ2v) is 8.39. The Morgan fingerprint density at radius 3 is 2.48 bits per heavy atom. The van der Waals surface area contributed by atoms with Gasteiger partial charge in [-0.05, 0) is 25.5 Å². The van der Waals surface area contributed by atoms with Crippen molar-refractivity contribution in [2.24, 2.45) is 0 Å². The maximum atomic E-state index is 12.1. The number of rotatable bonds is 6. The number of nitrogens with zero attached hydrogens (tertiary/aromatic N) is 1. The number of sulfonamides is 1. The van der Waals surface area contributed by atoms with Crippen molar-refractivity contribution in [3.8, 4) is 0 Å². The Bertz CT molecular complexity index is 611. The van der Waals surface area contributed by atoms with E-state index < -0.39 is 10.0 Å². The number of urea groups is 1. The molecule has 0 aromatic heterocycles. The summed E-state index contributed by atoms with van der Waals surface area (Å²) < 4.78 is 26.7. The zero-order valence-electron chi connectivity index (χ0n) is 13.2. The average molecular weight is 358 g/mol. The SMILES string of the molecule is Cc1ccc(S(=O)(=O)NCCCNC(=O)N2CCSCC2)cc1. The molecule has 1 aliphatic heterocycles. The molecule has 1 saturated heterocycles. The summed E-state index contributed by atoms with van der Waals surface area (Å²) in [5, 5.41) is 2.83. The smallest absolute Gasteiger partial charge is 0.317 e. The van der Waals surface area contributed by atoms with Gasteiger partial charge in [0.05, 0.1) is 4.90 Å². The van der Waals surface area contributed by atoms with E-state index in [4.69, 9.17) is 0 Å². The lowest BCUT2D eigenvalue weighted by Gasteiger charge is -2.26. The van der Waals surface area contributed by atoms with Crippen LogP contribution in [0.5, 0.6) is 0 Å². The molecule has 1 fully saturated rings. The fourth-order valence-corrected chi connectivity index (χ4v) is 4.15. The Kier molecular flexibility index (Phi) is 6.73. The maximum Gasteiger partial charge on any atom is 0.317 e. The molecule has 1 heterocycles. The summed E-state index contributed by atoms with van der Waals surface area (Å²) in [6, 6.07) is 6.66. The highest BCUT2D eigenvalue weighted by atomic mass is 32.2. The lowest BCUT2D eigenvalue weighted by molar-refractivity contribution is 0.203. The summed E-state index contributed by atoms with van der Waals surface area (Å²) in [5.41, 5.74) is 1.02. The summed E-state index contributed by atoms with van der Waals surface area (Å²) in [6.45, 7) is 4.21. The van der Waals surface area contributed by atoms with Crippen LogP contribution in [0, 0.1) is 6.92 Å². The van der Waals surface area contributed by atoms with E-state index in [1.807, 2.05) is 18.7 Å². The summed E-state index contributed by atoms with van der Waals surface area (Å²) in [5.74, 6) is 1.95. The van der Waals surface area contributed by atoms with Crippen LogP contribution in [0.1, 0.15) is 12.0 Å². The number of carbonyl (C=O) groups is 1. The van der Waals surface area contributed by atoms with Crippen molar-refractivity contribution in [3.63, 3.8) is 0 Å². The Morgan fingerprint density at radius 1 is 1.17 bits per heavy atom. The number of nitrogens with one attached hydrogen (secondary N) is 2. The molecule has 0 bridgehead atoms. The van der Waals surface area contributed by atoms with Crippen LogP contribution >= 0.6 is 11.8 Å². The van der Waals surface area contributed by atoms with Crippen LogP contribution < -0.4 is 10.0 Å². The van der Waals surface area contributed by atoms with Gasteiger partial charge in [0.15, 0.2) is 0 Å². The third kappa shape index (κ3) is 5.71. The van der Waals surface area contributed by atoms with E-state index >= 15 is 0 Å². The van der Waals surface area contributed by atoms with Crippen molar-refractivity contribution in [2.45, 2.75) is 18.2 Å². The molecule has 2 N–H and O–H groups in total. The summed E-state index contributed by atoms with van der Waals surface area (Å²) >= 11 is 1.85. The predicted octanol–water partition coefficient (Wildman–Crippen LogP) is 1.42.